The summed E-state index contributed by atoms with van der Waals surface area (Å²) in [7, 11) is 0. The van der Waals surface area contributed by atoms with Gasteiger partial charge in [0.05, 0.1) is 17.1 Å². The Balaban J connectivity index is 1.46. The highest BCUT2D eigenvalue weighted by Crippen LogP contribution is 2.31. The molecule has 0 aliphatic heterocycles. The predicted molar refractivity (Wildman–Crippen MR) is 118 cm³/mol. The minimum Gasteiger partial charge on any atom is -0.478 e. The fourth-order valence-electron chi connectivity index (χ4n) is 4.37. The second-order valence-electron chi connectivity index (χ2n) is 7.92. The van der Waals surface area contributed by atoms with E-state index in [0.29, 0.717) is 12.4 Å². The standard InChI is InChI=1S/C23H23N7O2/c1-15-24-19-6-3-2-5-17(13-21(31)32)22(19)30(15)14-16-8-10-18(11-9-16)29-12-4-7-20(29)23-25-27-28-26-23/h4,7-13H,2-3,5-6,14H2,1H3,(H,31,32)(H,25,26,27,28)/b17-13+. The number of tetrazole rings is 1. The lowest BCUT2D eigenvalue weighted by Crippen LogP contribution is -2.08. The highest BCUT2D eigenvalue weighted by Gasteiger charge is 2.22. The van der Waals surface area contributed by atoms with Gasteiger partial charge in [0.15, 0.2) is 0 Å². The number of carboxylic acid groups (broad SMARTS) is 1. The van der Waals surface area contributed by atoms with Crippen LogP contribution in [0.3, 0.4) is 0 Å². The van der Waals surface area contributed by atoms with Crippen molar-refractivity contribution in [3.05, 3.63) is 71.4 Å². The van der Waals surface area contributed by atoms with Gasteiger partial charge in [-0.3, -0.25) is 0 Å². The number of benzene rings is 1. The number of hydrogen-bond acceptors (Lipinski definition) is 5. The number of aromatic nitrogens is 7. The van der Waals surface area contributed by atoms with Crippen LogP contribution < -0.4 is 0 Å². The van der Waals surface area contributed by atoms with Crippen molar-refractivity contribution < 1.29 is 9.90 Å². The number of fused-ring (bicyclic) bond motifs is 1. The molecule has 162 valence electrons. The lowest BCUT2D eigenvalue weighted by atomic mass is 10.1. The predicted octanol–water partition coefficient (Wildman–Crippen LogP) is 3.41. The molecule has 9 nitrogen and oxygen atoms in total. The van der Waals surface area contributed by atoms with Crippen molar-refractivity contribution in [1.82, 2.24) is 34.7 Å². The maximum Gasteiger partial charge on any atom is 0.328 e. The molecule has 3 heterocycles. The monoisotopic (exact) mass is 429 g/mol. The summed E-state index contributed by atoms with van der Waals surface area (Å²) in [6.45, 7) is 2.62. The van der Waals surface area contributed by atoms with Crippen LogP contribution in [0.25, 0.3) is 22.8 Å². The van der Waals surface area contributed by atoms with Crippen LogP contribution in [0, 0.1) is 6.92 Å². The van der Waals surface area contributed by atoms with Crippen LogP contribution in [0.4, 0.5) is 0 Å². The van der Waals surface area contributed by atoms with Crippen LogP contribution in [0.2, 0.25) is 0 Å². The zero-order valence-electron chi connectivity index (χ0n) is 17.7. The van der Waals surface area contributed by atoms with E-state index in [0.717, 1.165) is 65.4 Å². The number of carbonyl (C=O) groups is 1. The number of aromatic amines is 1. The Morgan fingerprint density at radius 2 is 2.00 bits per heavy atom. The van der Waals surface area contributed by atoms with Gasteiger partial charge in [-0.25, -0.2) is 9.78 Å². The van der Waals surface area contributed by atoms with E-state index in [9.17, 15) is 9.90 Å². The van der Waals surface area contributed by atoms with Gasteiger partial charge in [0.1, 0.15) is 5.82 Å². The van der Waals surface area contributed by atoms with Crippen LogP contribution in [0.5, 0.6) is 0 Å². The molecular formula is C23H23N7O2. The Morgan fingerprint density at radius 3 is 2.75 bits per heavy atom. The fourth-order valence-corrected chi connectivity index (χ4v) is 4.37. The molecule has 32 heavy (non-hydrogen) atoms. The third kappa shape index (κ3) is 3.73. The topological polar surface area (TPSA) is 115 Å². The van der Waals surface area contributed by atoms with Crippen LogP contribution in [-0.4, -0.2) is 45.8 Å². The summed E-state index contributed by atoms with van der Waals surface area (Å²) in [5.74, 6) is 0.530. The molecule has 0 spiro atoms. The Bertz CT molecular complexity index is 1280. The maximum absolute atomic E-state index is 11.4. The number of carboxylic acids is 1. The first-order valence-corrected chi connectivity index (χ1v) is 10.6. The molecule has 5 rings (SSSR count). The van der Waals surface area contributed by atoms with E-state index in [-0.39, 0.29) is 0 Å². The molecule has 4 aromatic rings. The van der Waals surface area contributed by atoms with E-state index in [2.05, 4.69) is 49.5 Å². The second-order valence-corrected chi connectivity index (χ2v) is 7.92. The summed E-state index contributed by atoms with van der Waals surface area (Å²) >= 11 is 0. The van der Waals surface area contributed by atoms with E-state index >= 15 is 0 Å². The molecule has 3 aromatic heterocycles. The van der Waals surface area contributed by atoms with Crippen LogP contribution in [0.15, 0.2) is 48.7 Å². The van der Waals surface area contributed by atoms with Crippen molar-refractivity contribution in [2.75, 3.05) is 0 Å². The molecule has 0 saturated heterocycles. The molecule has 9 heteroatoms. The minimum atomic E-state index is -0.910. The molecule has 1 aromatic carbocycles. The highest BCUT2D eigenvalue weighted by molar-refractivity contribution is 5.90. The van der Waals surface area contributed by atoms with Crippen LogP contribution in [0.1, 0.15) is 42.0 Å². The third-order valence-corrected chi connectivity index (χ3v) is 5.82. The maximum atomic E-state index is 11.4. The summed E-state index contributed by atoms with van der Waals surface area (Å²) in [6.07, 6.45) is 6.94. The molecule has 0 atom stereocenters. The second kappa shape index (κ2) is 8.26. The number of nitrogens with zero attached hydrogens (tertiary/aromatic N) is 6. The number of aryl methyl sites for hydroxylation is 2. The average molecular weight is 429 g/mol. The first kappa shape index (κ1) is 19.9. The smallest absolute Gasteiger partial charge is 0.328 e. The number of allylic oxidation sites excluding steroid dienone is 1. The zero-order chi connectivity index (χ0) is 22.1. The van der Waals surface area contributed by atoms with E-state index in [4.69, 9.17) is 4.98 Å². The number of imidazole rings is 1. The largest absolute Gasteiger partial charge is 0.478 e. The van der Waals surface area contributed by atoms with Gasteiger partial charge >= 0.3 is 5.97 Å². The lowest BCUT2D eigenvalue weighted by Gasteiger charge is -2.14. The fraction of sp³-hybridized carbons (Fsp3) is 0.261. The normalized spacial score (nSPS) is 15.0. The Morgan fingerprint density at radius 1 is 1.19 bits per heavy atom. The Labute approximate surface area is 184 Å². The molecule has 0 bridgehead atoms. The van der Waals surface area contributed by atoms with Gasteiger partial charge in [-0.2, -0.15) is 5.21 Å². The summed E-state index contributed by atoms with van der Waals surface area (Å²) in [6, 6.07) is 12.2. The summed E-state index contributed by atoms with van der Waals surface area (Å²) in [4.78, 5) is 16.2. The number of hydrogen-bond donors (Lipinski definition) is 2. The zero-order valence-corrected chi connectivity index (χ0v) is 17.7. The van der Waals surface area contributed by atoms with Gasteiger partial charge in [0, 0.05) is 24.5 Å². The summed E-state index contributed by atoms with van der Waals surface area (Å²) < 4.78 is 4.15. The molecule has 1 aliphatic carbocycles. The van der Waals surface area contributed by atoms with Crippen molar-refractivity contribution in [3.8, 4) is 17.2 Å². The van der Waals surface area contributed by atoms with Gasteiger partial charge in [-0.05, 0) is 73.2 Å². The minimum absolute atomic E-state index is 0.536. The van der Waals surface area contributed by atoms with E-state index in [1.165, 1.54) is 6.08 Å². The molecule has 0 amide bonds. The number of aliphatic carboxylic acids is 1. The molecule has 1 aliphatic rings. The molecule has 0 radical (unpaired) electrons. The van der Waals surface area contributed by atoms with Crippen molar-refractivity contribution in [3.63, 3.8) is 0 Å². The highest BCUT2D eigenvalue weighted by atomic mass is 16.4. The van der Waals surface area contributed by atoms with Gasteiger partial charge < -0.3 is 14.2 Å². The van der Waals surface area contributed by atoms with Crippen molar-refractivity contribution in [1.29, 1.82) is 0 Å². The Kier molecular flexibility index (Phi) is 5.14. The van der Waals surface area contributed by atoms with Crippen LogP contribution in [-0.2, 0) is 17.8 Å². The van der Waals surface area contributed by atoms with Gasteiger partial charge in [-0.15, -0.1) is 10.2 Å². The number of rotatable bonds is 5. The molecule has 0 saturated carbocycles. The first-order chi connectivity index (χ1) is 15.6. The molecule has 0 fully saturated rings. The Hall–Kier alpha value is -4.01. The SMILES string of the molecule is Cc1nc2c(n1Cc1ccc(-n3cccc3-c3nn[nH]n3)cc1)/C(=C/C(=O)O)CCCC2. The van der Waals surface area contributed by atoms with Gasteiger partial charge in [-0.1, -0.05) is 12.1 Å². The third-order valence-electron chi connectivity index (χ3n) is 5.82. The number of H-pyrrole nitrogens is 1. The van der Waals surface area contributed by atoms with E-state index in [1.54, 1.807) is 0 Å². The van der Waals surface area contributed by atoms with E-state index in [1.807, 2.05) is 29.8 Å². The molecular weight excluding hydrogens is 406 g/mol. The summed E-state index contributed by atoms with van der Waals surface area (Å²) in [5, 5.41) is 23.6. The van der Waals surface area contributed by atoms with E-state index < -0.39 is 5.97 Å². The van der Waals surface area contributed by atoms with Gasteiger partial charge in [0.25, 0.3) is 0 Å². The first-order valence-electron chi connectivity index (χ1n) is 10.6. The van der Waals surface area contributed by atoms with Crippen molar-refractivity contribution in [2.45, 2.75) is 39.2 Å². The lowest BCUT2D eigenvalue weighted by molar-refractivity contribution is -0.131. The number of nitrogens with one attached hydrogen (secondary N) is 1. The van der Waals surface area contributed by atoms with Crippen molar-refractivity contribution in [2.24, 2.45) is 0 Å². The average Bonchev–Trinajstić information content (AvgIpc) is 3.49. The molecule has 0 unspecified atom stereocenters. The summed E-state index contributed by atoms with van der Waals surface area (Å²) in [5.41, 5.74) is 5.79. The van der Waals surface area contributed by atoms with Crippen LogP contribution >= 0.6 is 0 Å². The quantitative estimate of drug-likeness (QED) is 0.371. The van der Waals surface area contributed by atoms with Crippen molar-refractivity contribution >= 4 is 11.5 Å². The molecule has 2 N–H and O–H groups in total. The van der Waals surface area contributed by atoms with Gasteiger partial charge in [0.2, 0.25) is 5.82 Å².